The molecular formula is C19H10BrClIN3O2. The molecule has 0 atom stereocenters. The molecule has 0 aliphatic heterocycles. The van der Waals surface area contributed by atoms with Crippen molar-refractivity contribution in [3.05, 3.63) is 73.5 Å². The van der Waals surface area contributed by atoms with Gasteiger partial charge in [0.1, 0.15) is 5.52 Å². The summed E-state index contributed by atoms with van der Waals surface area (Å²) in [5, 5.41) is 3.41. The van der Waals surface area contributed by atoms with Crippen LogP contribution in [-0.2, 0) is 0 Å². The number of oxazole rings is 1. The number of nitrogens with one attached hydrogen (secondary N) is 1. The minimum Gasteiger partial charge on any atom is -0.436 e. The largest absolute Gasteiger partial charge is 0.436 e. The molecule has 2 aromatic carbocycles. The quantitative estimate of drug-likeness (QED) is 0.308. The van der Waals surface area contributed by atoms with E-state index in [1.54, 1.807) is 30.5 Å². The van der Waals surface area contributed by atoms with Gasteiger partial charge in [0, 0.05) is 26.1 Å². The van der Waals surface area contributed by atoms with Gasteiger partial charge in [-0.2, -0.15) is 0 Å². The molecule has 4 rings (SSSR count). The molecule has 27 heavy (non-hydrogen) atoms. The van der Waals surface area contributed by atoms with Crippen LogP contribution in [0.3, 0.4) is 0 Å². The number of benzene rings is 2. The van der Waals surface area contributed by atoms with Crippen molar-refractivity contribution in [2.75, 3.05) is 5.32 Å². The lowest BCUT2D eigenvalue weighted by Crippen LogP contribution is -2.12. The third-order valence-electron chi connectivity index (χ3n) is 3.77. The smallest absolute Gasteiger partial charge is 0.257 e. The molecule has 1 N–H and O–H groups in total. The summed E-state index contributed by atoms with van der Waals surface area (Å²) in [6.07, 6.45) is 3.13. The number of anilines is 1. The highest BCUT2D eigenvalue weighted by Gasteiger charge is 2.14. The van der Waals surface area contributed by atoms with Crippen LogP contribution in [0.5, 0.6) is 0 Å². The zero-order chi connectivity index (χ0) is 19.0. The summed E-state index contributed by atoms with van der Waals surface area (Å²) >= 11 is 11.8. The Labute approximate surface area is 181 Å². The van der Waals surface area contributed by atoms with Gasteiger partial charge in [0.25, 0.3) is 5.91 Å². The van der Waals surface area contributed by atoms with Gasteiger partial charge in [-0.05, 0) is 81.0 Å². The summed E-state index contributed by atoms with van der Waals surface area (Å²) < 4.78 is 7.59. The summed E-state index contributed by atoms with van der Waals surface area (Å²) in [6.45, 7) is 0. The zero-order valence-electron chi connectivity index (χ0n) is 13.5. The number of halogens is 3. The van der Waals surface area contributed by atoms with E-state index in [0.29, 0.717) is 33.3 Å². The number of nitrogens with zero attached hydrogens (tertiary/aromatic N) is 2. The van der Waals surface area contributed by atoms with Gasteiger partial charge in [-0.1, -0.05) is 11.6 Å². The second-order valence-corrected chi connectivity index (χ2v) is 8.24. The van der Waals surface area contributed by atoms with Crippen LogP contribution in [0.4, 0.5) is 5.69 Å². The molecule has 0 saturated carbocycles. The Morgan fingerprint density at radius 1 is 1.15 bits per heavy atom. The molecule has 0 unspecified atom stereocenters. The highest BCUT2D eigenvalue weighted by Crippen LogP contribution is 2.32. The molecule has 134 valence electrons. The Balaban J connectivity index is 1.65. The van der Waals surface area contributed by atoms with Crippen LogP contribution in [-0.4, -0.2) is 15.9 Å². The SMILES string of the molecule is O=C(Nc1ccc2oc(-c3cc(I)ccc3Cl)nc2c1)c1cncc(Br)c1. The molecule has 2 aromatic heterocycles. The predicted molar refractivity (Wildman–Crippen MR) is 117 cm³/mol. The van der Waals surface area contributed by atoms with Gasteiger partial charge in [-0.3, -0.25) is 9.78 Å². The van der Waals surface area contributed by atoms with Gasteiger partial charge >= 0.3 is 0 Å². The van der Waals surface area contributed by atoms with E-state index in [4.69, 9.17) is 16.0 Å². The number of fused-ring (bicyclic) bond motifs is 1. The molecule has 4 aromatic rings. The Bertz CT molecular complexity index is 1180. The average molecular weight is 555 g/mol. The number of rotatable bonds is 3. The second kappa shape index (κ2) is 7.57. The van der Waals surface area contributed by atoms with Crippen molar-refractivity contribution in [1.29, 1.82) is 0 Å². The molecule has 0 aliphatic carbocycles. The lowest BCUT2D eigenvalue weighted by atomic mass is 10.2. The van der Waals surface area contributed by atoms with Crippen LogP contribution in [0.25, 0.3) is 22.6 Å². The molecule has 0 fully saturated rings. The molecule has 8 heteroatoms. The van der Waals surface area contributed by atoms with E-state index in [2.05, 4.69) is 53.8 Å². The predicted octanol–water partition coefficient (Wildman–Crippen LogP) is 6.16. The van der Waals surface area contributed by atoms with E-state index >= 15 is 0 Å². The molecule has 0 spiro atoms. The van der Waals surface area contributed by atoms with Crippen LogP contribution < -0.4 is 5.32 Å². The first-order valence-corrected chi connectivity index (χ1v) is 10.0. The van der Waals surface area contributed by atoms with Crippen molar-refractivity contribution in [3.8, 4) is 11.5 Å². The standard InChI is InChI=1S/C19H10BrClIN3O2/c20-11-5-10(8-23-9-11)18(26)24-13-2-4-17-16(7-13)25-19(27-17)14-6-12(22)1-3-15(14)21/h1-9H,(H,24,26). The molecule has 5 nitrogen and oxygen atoms in total. The topological polar surface area (TPSA) is 68.0 Å². The van der Waals surface area contributed by atoms with Gasteiger partial charge in [0.15, 0.2) is 5.58 Å². The van der Waals surface area contributed by atoms with Gasteiger partial charge in [0.05, 0.1) is 16.1 Å². The monoisotopic (exact) mass is 553 g/mol. The summed E-state index contributed by atoms with van der Waals surface area (Å²) in [5.74, 6) is 0.181. The van der Waals surface area contributed by atoms with E-state index in [1.165, 1.54) is 6.20 Å². The second-order valence-electron chi connectivity index (χ2n) is 5.67. The first-order valence-electron chi connectivity index (χ1n) is 7.77. The summed E-state index contributed by atoms with van der Waals surface area (Å²) in [4.78, 5) is 20.9. The number of amides is 1. The van der Waals surface area contributed by atoms with Crippen molar-refractivity contribution >= 4 is 72.8 Å². The fraction of sp³-hybridized carbons (Fsp3) is 0. The average Bonchev–Trinajstić information content (AvgIpc) is 3.07. The van der Waals surface area contributed by atoms with Crippen LogP contribution in [0.15, 0.2) is 63.7 Å². The number of carbonyl (C=O) groups excluding carboxylic acids is 1. The van der Waals surface area contributed by atoms with Crippen molar-refractivity contribution in [3.63, 3.8) is 0 Å². The van der Waals surface area contributed by atoms with Crippen LogP contribution in [0.1, 0.15) is 10.4 Å². The Morgan fingerprint density at radius 2 is 2.00 bits per heavy atom. The lowest BCUT2D eigenvalue weighted by molar-refractivity contribution is 0.102. The normalized spacial score (nSPS) is 10.9. The Hall–Kier alpha value is -1.97. The van der Waals surface area contributed by atoms with Gasteiger partial charge in [0.2, 0.25) is 5.89 Å². The summed E-state index contributed by atoms with van der Waals surface area (Å²) in [6, 6.07) is 12.6. The number of hydrogen-bond donors (Lipinski definition) is 1. The maximum atomic E-state index is 12.4. The van der Waals surface area contributed by atoms with Crippen molar-refractivity contribution in [1.82, 2.24) is 9.97 Å². The first-order chi connectivity index (χ1) is 13.0. The fourth-order valence-corrected chi connectivity index (χ4v) is 3.58. The van der Waals surface area contributed by atoms with Gasteiger partial charge in [-0.15, -0.1) is 0 Å². The third-order valence-corrected chi connectivity index (χ3v) is 5.21. The molecule has 0 aliphatic rings. The molecule has 2 heterocycles. The van der Waals surface area contributed by atoms with Gasteiger partial charge in [-0.25, -0.2) is 4.98 Å². The zero-order valence-corrected chi connectivity index (χ0v) is 18.0. The van der Waals surface area contributed by atoms with E-state index < -0.39 is 0 Å². The van der Waals surface area contributed by atoms with Crippen molar-refractivity contribution < 1.29 is 9.21 Å². The maximum Gasteiger partial charge on any atom is 0.257 e. The third kappa shape index (κ3) is 3.99. The van der Waals surface area contributed by atoms with E-state index in [1.807, 2.05) is 18.2 Å². The Morgan fingerprint density at radius 3 is 2.81 bits per heavy atom. The molecule has 0 saturated heterocycles. The number of pyridine rings is 1. The summed E-state index contributed by atoms with van der Waals surface area (Å²) in [5.41, 5.74) is 3.04. The molecule has 1 amide bonds. The minimum absolute atomic E-state index is 0.257. The van der Waals surface area contributed by atoms with E-state index in [9.17, 15) is 4.79 Å². The molecule has 0 bridgehead atoms. The Kier molecular flexibility index (Phi) is 5.16. The number of carbonyl (C=O) groups is 1. The number of hydrogen-bond acceptors (Lipinski definition) is 4. The maximum absolute atomic E-state index is 12.4. The van der Waals surface area contributed by atoms with Crippen molar-refractivity contribution in [2.45, 2.75) is 0 Å². The molecular weight excluding hydrogens is 544 g/mol. The number of aromatic nitrogens is 2. The fourth-order valence-electron chi connectivity index (χ4n) is 2.52. The van der Waals surface area contributed by atoms with E-state index in [-0.39, 0.29) is 5.91 Å². The minimum atomic E-state index is -0.257. The highest BCUT2D eigenvalue weighted by atomic mass is 127. The van der Waals surface area contributed by atoms with E-state index in [0.717, 1.165) is 13.6 Å². The van der Waals surface area contributed by atoms with Crippen LogP contribution >= 0.6 is 50.1 Å². The van der Waals surface area contributed by atoms with Crippen molar-refractivity contribution in [2.24, 2.45) is 0 Å². The first kappa shape index (κ1) is 18.4. The summed E-state index contributed by atoms with van der Waals surface area (Å²) in [7, 11) is 0. The van der Waals surface area contributed by atoms with Gasteiger partial charge < -0.3 is 9.73 Å². The molecule has 0 radical (unpaired) electrons. The highest BCUT2D eigenvalue weighted by molar-refractivity contribution is 14.1. The van der Waals surface area contributed by atoms with Crippen LogP contribution in [0, 0.1) is 3.57 Å². The lowest BCUT2D eigenvalue weighted by Gasteiger charge is -2.04. The van der Waals surface area contributed by atoms with Crippen LogP contribution in [0.2, 0.25) is 5.02 Å².